The predicted molar refractivity (Wildman–Crippen MR) is 111 cm³/mol. The lowest BCUT2D eigenvalue weighted by Crippen LogP contribution is -2.39. The number of rotatable bonds is 13. The first-order valence-electron chi connectivity index (χ1n) is 9.55. The Bertz CT molecular complexity index is 552. The van der Waals surface area contributed by atoms with E-state index in [-0.39, 0.29) is 0 Å². The summed E-state index contributed by atoms with van der Waals surface area (Å²) in [6, 6.07) is 6.01. The zero-order valence-corrected chi connectivity index (χ0v) is 17.5. The van der Waals surface area contributed by atoms with E-state index in [1.54, 1.807) is 21.3 Å². The highest BCUT2D eigenvalue weighted by atomic mass is 16.5. The van der Waals surface area contributed by atoms with Crippen LogP contribution in [0.4, 0.5) is 0 Å². The van der Waals surface area contributed by atoms with Crippen LogP contribution in [-0.4, -0.2) is 78.6 Å². The van der Waals surface area contributed by atoms with Crippen LogP contribution >= 0.6 is 0 Å². The molecule has 0 spiro atoms. The topological polar surface area (TPSA) is 67.4 Å². The number of nitrogens with one attached hydrogen (secondary N) is 2. The number of likely N-dealkylation sites (N-methyl/N-ethyl adjacent to an activating group) is 1. The molecule has 0 heterocycles. The summed E-state index contributed by atoms with van der Waals surface area (Å²) < 4.78 is 15.7. The van der Waals surface area contributed by atoms with Gasteiger partial charge in [0.25, 0.3) is 0 Å². The molecular formula is C20H36N4O3. The second kappa shape index (κ2) is 14.1. The third-order valence-electron chi connectivity index (χ3n) is 4.14. The Balaban J connectivity index is 2.43. The first-order valence-corrected chi connectivity index (χ1v) is 9.55. The minimum atomic E-state index is 0.749. The zero-order valence-electron chi connectivity index (χ0n) is 17.5. The van der Waals surface area contributed by atoms with Gasteiger partial charge in [-0.25, -0.2) is 0 Å². The van der Waals surface area contributed by atoms with E-state index >= 15 is 0 Å². The van der Waals surface area contributed by atoms with Crippen molar-refractivity contribution < 1.29 is 14.2 Å². The quantitative estimate of drug-likeness (QED) is 0.309. The molecule has 1 aromatic carbocycles. The highest BCUT2D eigenvalue weighted by Crippen LogP contribution is 2.27. The van der Waals surface area contributed by atoms with Gasteiger partial charge in [0, 0.05) is 39.9 Å². The van der Waals surface area contributed by atoms with Gasteiger partial charge in [-0.3, -0.25) is 4.99 Å². The molecule has 1 aromatic rings. The first-order chi connectivity index (χ1) is 13.1. The van der Waals surface area contributed by atoms with Crippen LogP contribution in [0.1, 0.15) is 18.9 Å². The van der Waals surface area contributed by atoms with Crippen LogP contribution < -0.4 is 20.1 Å². The molecule has 0 unspecified atom stereocenters. The monoisotopic (exact) mass is 380 g/mol. The van der Waals surface area contributed by atoms with Gasteiger partial charge in [0.2, 0.25) is 0 Å². The van der Waals surface area contributed by atoms with Crippen molar-refractivity contribution in [3.8, 4) is 11.5 Å². The number of nitrogens with zero attached hydrogens (tertiary/aromatic N) is 2. The lowest BCUT2D eigenvalue weighted by atomic mass is 10.1. The number of ether oxygens (including phenoxy) is 3. The SMILES string of the molecule is CCNC(=NCCN(C)CCCOC)NCCc1ccc(OC)c(OC)c1. The molecule has 7 heteroatoms. The summed E-state index contributed by atoms with van der Waals surface area (Å²) in [6.45, 7) is 7.21. The smallest absolute Gasteiger partial charge is 0.191 e. The van der Waals surface area contributed by atoms with Gasteiger partial charge in [-0.1, -0.05) is 6.07 Å². The summed E-state index contributed by atoms with van der Waals surface area (Å²) in [4.78, 5) is 6.92. The number of hydrogen-bond donors (Lipinski definition) is 2. The van der Waals surface area contributed by atoms with Crippen LogP contribution in [0.5, 0.6) is 11.5 Å². The normalized spacial score (nSPS) is 11.6. The molecule has 0 saturated carbocycles. The summed E-state index contributed by atoms with van der Waals surface area (Å²) in [5.41, 5.74) is 1.19. The highest BCUT2D eigenvalue weighted by Gasteiger charge is 2.05. The third-order valence-corrected chi connectivity index (χ3v) is 4.14. The van der Waals surface area contributed by atoms with Crippen molar-refractivity contribution in [2.45, 2.75) is 19.8 Å². The average molecular weight is 381 g/mol. The van der Waals surface area contributed by atoms with Gasteiger partial charge in [-0.15, -0.1) is 0 Å². The third kappa shape index (κ3) is 9.49. The maximum Gasteiger partial charge on any atom is 0.191 e. The molecule has 0 saturated heterocycles. The molecule has 0 amide bonds. The van der Waals surface area contributed by atoms with Gasteiger partial charge in [0.05, 0.1) is 20.8 Å². The Hall–Kier alpha value is -1.99. The molecule has 0 aromatic heterocycles. The van der Waals surface area contributed by atoms with Crippen LogP contribution in [0.15, 0.2) is 23.2 Å². The van der Waals surface area contributed by atoms with E-state index in [1.807, 2.05) is 12.1 Å². The lowest BCUT2D eigenvalue weighted by molar-refractivity contribution is 0.180. The van der Waals surface area contributed by atoms with Crippen molar-refractivity contribution in [3.05, 3.63) is 23.8 Å². The van der Waals surface area contributed by atoms with Crippen LogP contribution in [0.25, 0.3) is 0 Å². The van der Waals surface area contributed by atoms with E-state index in [1.165, 1.54) is 5.56 Å². The Labute approximate surface area is 164 Å². The van der Waals surface area contributed by atoms with Crippen molar-refractivity contribution in [2.75, 3.05) is 67.7 Å². The molecule has 0 aliphatic heterocycles. The molecule has 7 nitrogen and oxygen atoms in total. The maximum atomic E-state index is 5.36. The Morgan fingerprint density at radius 3 is 2.52 bits per heavy atom. The van der Waals surface area contributed by atoms with E-state index in [0.29, 0.717) is 0 Å². The van der Waals surface area contributed by atoms with Crippen LogP contribution in [0.2, 0.25) is 0 Å². The number of hydrogen-bond acceptors (Lipinski definition) is 5. The molecular weight excluding hydrogens is 344 g/mol. The van der Waals surface area contributed by atoms with E-state index < -0.39 is 0 Å². The van der Waals surface area contributed by atoms with Crippen molar-refractivity contribution in [2.24, 2.45) is 4.99 Å². The van der Waals surface area contributed by atoms with Gasteiger partial charge < -0.3 is 29.7 Å². The zero-order chi connectivity index (χ0) is 19.9. The fourth-order valence-electron chi connectivity index (χ4n) is 2.63. The number of methoxy groups -OCH3 is 3. The van der Waals surface area contributed by atoms with E-state index in [0.717, 1.165) is 69.6 Å². The van der Waals surface area contributed by atoms with E-state index in [4.69, 9.17) is 14.2 Å². The molecule has 154 valence electrons. The lowest BCUT2D eigenvalue weighted by Gasteiger charge is -2.16. The standard InChI is InChI=1S/C20H36N4O3/c1-6-21-20(23-12-14-24(2)13-7-15-25-3)22-11-10-17-8-9-18(26-4)19(16-17)27-5/h8-9,16H,6-7,10-15H2,1-5H3,(H2,21,22,23). The Morgan fingerprint density at radius 2 is 1.85 bits per heavy atom. The highest BCUT2D eigenvalue weighted by molar-refractivity contribution is 5.79. The summed E-state index contributed by atoms with van der Waals surface area (Å²) in [5.74, 6) is 2.36. The molecule has 0 aliphatic carbocycles. The molecule has 0 atom stereocenters. The molecule has 0 radical (unpaired) electrons. The van der Waals surface area contributed by atoms with Crippen molar-refractivity contribution in [3.63, 3.8) is 0 Å². The fraction of sp³-hybridized carbons (Fsp3) is 0.650. The maximum absolute atomic E-state index is 5.36. The number of aliphatic imine (C=N–C) groups is 1. The molecule has 27 heavy (non-hydrogen) atoms. The van der Waals surface area contributed by atoms with Crippen LogP contribution in [0.3, 0.4) is 0 Å². The van der Waals surface area contributed by atoms with Crippen molar-refractivity contribution >= 4 is 5.96 Å². The largest absolute Gasteiger partial charge is 0.493 e. The molecule has 1 rings (SSSR count). The Kier molecular flexibility index (Phi) is 12.1. The minimum absolute atomic E-state index is 0.749. The minimum Gasteiger partial charge on any atom is -0.493 e. The molecule has 0 fully saturated rings. The van der Waals surface area contributed by atoms with Crippen molar-refractivity contribution in [1.82, 2.24) is 15.5 Å². The van der Waals surface area contributed by atoms with Crippen LogP contribution in [-0.2, 0) is 11.2 Å². The summed E-state index contributed by atoms with van der Waals surface area (Å²) >= 11 is 0. The van der Waals surface area contributed by atoms with Gasteiger partial charge >= 0.3 is 0 Å². The number of benzene rings is 1. The number of guanidine groups is 1. The second-order valence-electron chi connectivity index (χ2n) is 6.28. The fourth-order valence-corrected chi connectivity index (χ4v) is 2.63. The predicted octanol–water partition coefficient (Wildman–Crippen LogP) is 1.77. The summed E-state index contributed by atoms with van der Waals surface area (Å²) in [5, 5.41) is 6.68. The summed E-state index contributed by atoms with van der Waals surface area (Å²) in [6.07, 6.45) is 1.92. The molecule has 0 bridgehead atoms. The molecule has 0 aliphatic rings. The van der Waals surface area contributed by atoms with Gasteiger partial charge in [-0.2, -0.15) is 0 Å². The summed E-state index contributed by atoms with van der Waals surface area (Å²) in [7, 11) is 7.15. The van der Waals surface area contributed by atoms with Gasteiger partial charge in [0.1, 0.15) is 0 Å². The molecule has 2 N–H and O–H groups in total. The van der Waals surface area contributed by atoms with Crippen LogP contribution in [0, 0.1) is 0 Å². The van der Waals surface area contributed by atoms with E-state index in [2.05, 4.69) is 40.6 Å². The van der Waals surface area contributed by atoms with Gasteiger partial charge in [-0.05, 0) is 44.5 Å². The van der Waals surface area contributed by atoms with E-state index in [9.17, 15) is 0 Å². The average Bonchev–Trinajstić information content (AvgIpc) is 2.68. The first kappa shape index (κ1) is 23.0. The van der Waals surface area contributed by atoms with Crippen molar-refractivity contribution in [1.29, 1.82) is 0 Å². The van der Waals surface area contributed by atoms with Gasteiger partial charge in [0.15, 0.2) is 17.5 Å². The second-order valence-corrected chi connectivity index (χ2v) is 6.28. The Morgan fingerprint density at radius 1 is 1.07 bits per heavy atom.